The second-order valence-electron chi connectivity index (χ2n) is 4.24. The molecular weight excluding hydrogens is 224 g/mol. The van der Waals surface area contributed by atoms with Gasteiger partial charge in [-0.2, -0.15) is 5.10 Å². The standard InChI is InChI=1S/C14H14N4/c1-9-12-7-10(8-16-14(12)18-17-9)11-5-3-4-6-13(11)15-2/h3-8,15H,1-2H3,(H,16,17,18). The van der Waals surface area contributed by atoms with Crippen molar-refractivity contribution >= 4 is 16.7 Å². The zero-order valence-electron chi connectivity index (χ0n) is 10.4. The number of nitrogens with zero attached hydrogens (tertiary/aromatic N) is 2. The molecule has 0 unspecified atom stereocenters. The van der Waals surface area contributed by atoms with Gasteiger partial charge in [0.25, 0.3) is 0 Å². The van der Waals surface area contributed by atoms with Crippen LogP contribution >= 0.6 is 0 Å². The van der Waals surface area contributed by atoms with E-state index in [2.05, 4.69) is 38.7 Å². The number of benzene rings is 1. The lowest BCUT2D eigenvalue weighted by Crippen LogP contribution is -1.92. The molecular formula is C14H14N4. The summed E-state index contributed by atoms with van der Waals surface area (Å²) in [6, 6.07) is 10.3. The van der Waals surface area contributed by atoms with Crippen LogP contribution in [-0.2, 0) is 0 Å². The monoisotopic (exact) mass is 238 g/mol. The number of hydrogen-bond donors (Lipinski definition) is 2. The third-order valence-electron chi connectivity index (χ3n) is 3.11. The first kappa shape index (κ1) is 10.8. The van der Waals surface area contributed by atoms with E-state index in [9.17, 15) is 0 Å². The van der Waals surface area contributed by atoms with E-state index in [1.54, 1.807) is 0 Å². The second kappa shape index (κ2) is 4.14. The fourth-order valence-corrected chi connectivity index (χ4v) is 2.12. The fraction of sp³-hybridized carbons (Fsp3) is 0.143. The molecule has 0 amide bonds. The Balaban J connectivity index is 2.21. The molecule has 3 aromatic rings. The molecule has 4 nitrogen and oxygen atoms in total. The molecule has 0 atom stereocenters. The summed E-state index contributed by atoms with van der Waals surface area (Å²) in [5.74, 6) is 0. The van der Waals surface area contributed by atoms with Crippen molar-refractivity contribution in [1.82, 2.24) is 15.2 Å². The van der Waals surface area contributed by atoms with Crippen molar-refractivity contribution in [2.75, 3.05) is 12.4 Å². The van der Waals surface area contributed by atoms with Gasteiger partial charge in [0.15, 0.2) is 5.65 Å². The van der Waals surface area contributed by atoms with E-state index in [1.165, 1.54) is 0 Å². The number of para-hydroxylation sites is 1. The molecule has 2 aromatic heterocycles. The van der Waals surface area contributed by atoms with Crippen molar-refractivity contribution in [1.29, 1.82) is 0 Å². The Morgan fingerprint density at radius 1 is 1.22 bits per heavy atom. The molecule has 2 N–H and O–H groups in total. The van der Waals surface area contributed by atoms with Gasteiger partial charge in [0, 0.05) is 41.1 Å². The van der Waals surface area contributed by atoms with Gasteiger partial charge in [-0.1, -0.05) is 18.2 Å². The lowest BCUT2D eigenvalue weighted by atomic mass is 10.0. The van der Waals surface area contributed by atoms with Crippen LogP contribution in [0.2, 0.25) is 0 Å². The summed E-state index contributed by atoms with van der Waals surface area (Å²) in [6.07, 6.45) is 1.86. The van der Waals surface area contributed by atoms with Crippen molar-refractivity contribution < 1.29 is 0 Å². The van der Waals surface area contributed by atoms with E-state index in [-0.39, 0.29) is 0 Å². The number of H-pyrrole nitrogens is 1. The molecule has 0 aliphatic rings. The van der Waals surface area contributed by atoms with Crippen LogP contribution < -0.4 is 5.32 Å². The molecule has 0 saturated heterocycles. The quantitative estimate of drug-likeness (QED) is 0.721. The molecule has 0 bridgehead atoms. The molecule has 0 aliphatic carbocycles. The maximum atomic E-state index is 4.38. The smallest absolute Gasteiger partial charge is 0.181 e. The van der Waals surface area contributed by atoms with Gasteiger partial charge in [0.2, 0.25) is 0 Å². The summed E-state index contributed by atoms with van der Waals surface area (Å²) in [7, 11) is 1.92. The molecule has 0 aliphatic heterocycles. The van der Waals surface area contributed by atoms with Gasteiger partial charge in [-0.3, -0.25) is 5.10 Å². The van der Waals surface area contributed by atoms with E-state index < -0.39 is 0 Å². The van der Waals surface area contributed by atoms with Gasteiger partial charge in [-0.15, -0.1) is 0 Å². The largest absolute Gasteiger partial charge is 0.388 e. The molecule has 1 aromatic carbocycles. The molecule has 90 valence electrons. The predicted octanol–water partition coefficient (Wildman–Crippen LogP) is 2.98. The number of rotatable bonds is 2. The maximum absolute atomic E-state index is 4.38. The first-order chi connectivity index (χ1) is 8.79. The Morgan fingerprint density at radius 3 is 2.89 bits per heavy atom. The molecule has 2 heterocycles. The molecule has 0 saturated carbocycles. The van der Waals surface area contributed by atoms with Crippen LogP contribution in [0.3, 0.4) is 0 Å². The number of anilines is 1. The van der Waals surface area contributed by atoms with Gasteiger partial charge >= 0.3 is 0 Å². The summed E-state index contributed by atoms with van der Waals surface area (Å²) in [4.78, 5) is 4.38. The summed E-state index contributed by atoms with van der Waals surface area (Å²) < 4.78 is 0. The number of fused-ring (bicyclic) bond motifs is 1. The lowest BCUT2D eigenvalue weighted by molar-refractivity contribution is 1.05. The Morgan fingerprint density at radius 2 is 2.06 bits per heavy atom. The predicted molar refractivity (Wildman–Crippen MR) is 73.6 cm³/mol. The van der Waals surface area contributed by atoms with Crippen LogP contribution in [-0.4, -0.2) is 22.2 Å². The Bertz CT molecular complexity index is 700. The molecule has 0 fully saturated rings. The van der Waals surface area contributed by atoms with Crippen LogP contribution in [0.4, 0.5) is 5.69 Å². The highest BCUT2D eigenvalue weighted by Crippen LogP contribution is 2.29. The van der Waals surface area contributed by atoms with Crippen LogP contribution in [0.15, 0.2) is 36.5 Å². The minimum Gasteiger partial charge on any atom is -0.388 e. The maximum Gasteiger partial charge on any atom is 0.181 e. The minimum absolute atomic E-state index is 0.762. The topological polar surface area (TPSA) is 53.6 Å². The minimum atomic E-state index is 0.762. The number of pyridine rings is 1. The van der Waals surface area contributed by atoms with E-state index >= 15 is 0 Å². The highest BCUT2D eigenvalue weighted by atomic mass is 15.1. The summed E-state index contributed by atoms with van der Waals surface area (Å²) in [5.41, 5.74) is 5.14. The van der Waals surface area contributed by atoms with Crippen LogP contribution in [0, 0.1) is 6.92 Å². The Hall–Kier alpha value is -2.36. The van der Waals surface area contributed by atoms with Crippen molar-refractivity contribution in [3.8, 4) is 11.1 Å². The summed E-state index contributed by atoms with van der Waals surface area (Å²) >= 11 is 0. The third-order valence-corrected chi connectivity index (χ3v) is 3.11. The van der Waals surface area contributed by atoms with E-state index in [0.717, 1.165) is 33.5 Å². The number of aromatic amines is 1. The highest BCUT2D eigenvalue weighted by Gasteiger charge is 2.07. The zero-order valence-corrected chi connectivity index (χ0v) is 10.4. The SMILES string of the molecule is CNc1ccccc1-c1cnc2n[nH]c(C)c2c1. The highest BCUT2D eigenvalue weighted by molar-refractivity contribution is 5.86. The van der Waals surface area contributed by atoms with Gasteiger partial charge in [0.1, 0.15) is 0 Å². The average molecular weight is 238 g/mol. The van der Waals surface area contributed by atoms with Crippen LogP contribution in [0.1, 0.15) is 5.69 Å². The number of aromatic nitrogens is 3. The molecule has 0 spiro atoms. The Labute approximate surface area is 105 Å². The third kappa shape index (κ3) is 1.62. The molecule has 4 heteroatoms. The van der Waals surface area contributed by atoms with E-state index in [0.29, 0.717) is 0 Å². The second-order valence-corrected chi connectivity index (χ2v) is 4.24. The van der Waals surface area contributed by atoms with Gasteiger partial charge in [-0.05, 0) is 19.1 Å². The molecule has 0 radical (unpaired) electrons. The average Bonchev–Trinajstić information content (AvgIpc) is 2.80. The van der Waals surface area contributed by atoms with Crippen LogP contribution in [0.25, 0.3) is 22.2 Å². The summed E-state index contributed by atoms with van der Waals surface area (Å²) in [6.45, 7) is 2.00. The van der Waals surface area contributed by atoms with Crippen molar-refractivity contribution in [2.24, 2.45) is 0 Å². The number of aryl methyl sites for hydroxylation is 1. The first-order valence-electron chi connectivity index (χ1n) is 5.87. The van der Waals surface area contributed by atoms with Gasteiger partial charge in [-0.25, -0.2) is 4.98 Å². The zero-order chi connectivity index (χ0) is 12.5. The lowest BCUT2D eigenvalue weighted by Gasteiger charge is -2.08. The van der Waals surface area contributed by atoms with Crippen LogP contribution in [0.5, 0.6) is 0 Å². The van der Waals surface area contributed by atoms with Crippen molar-refractivity contribution in [3.05, 3.63) is 42.2 Å². The molecule has 18 heavy (non-hydrogen) atoms. The Kier molecular flexibility index (Phi) is 2.48. The molecule has 3 rings (SSSR count). The van der Waals surface area contributed by atoms with Crippen molar-refractivity contribution in [2.45, 2.75) is 6.92 Å². The normalized spacial score (nSPS) is 10.8. The van der Waals surface area contributed by atoms with Gasteiger partial charge < -0.3 is 5.32 Å². The van der Waals surface area contributed by atoms with Crippen molar-refractivity contribution in [3.63, 3.8) is 0 Å². The van der Waals surface area contributed by atoms with E-state index in [1.807, 2.05) is 32.3 Å². The summed E-state index contributed by atoms with van der Waals surface area (Å²) in [5, 5.41) is 11.4. The fourth-order valence-electron chi connectivity index (χ4n) is 2.12. The first-order valence-corrected chi connectivity index (χ1v) is 5.87. The number of hydrogen-bond acceptors (Lipinski definition) is 3. The van der Waals surface area contributed by atoms with Gasteiger partial charge in [0.05, 0.1) is 0 Å². The number of nitrogens with one attached hydrogen (secondary N) is 2. The van der Waals surface area contributed by atoms with E-state index in [4.69, 9.17) is 0 Å².